The zero-order valence-electron chi connectivity index (χ0n) is 34.5. The molecule has 2 aliphatic carbocycles. The SMILES string of the molecule is C=C1c2cc(-c3ccccc3)ccc2-c2cc3oc4ccc(-c5cc6sc(-c7ccc8oc9cc%10c(cc9c8c7)C(C)(C)c7cc(-c8ccccc8)ccc7-%10)cc6s5)cc4c3cc21. The molecule has 2 aliphatic rings. The normalized spacial score (nSPS) is 13.7. The lowest BCUT2D eigenvalue weighted by Crippen LogP contribution is -2.15. The Morgan fingerprint density at radius 3 is 1.48 bits per heavy atom. The van der Waals surface area contributed by atoms with E-state index >= 15 is 0 Å². The van der Waals surface area contributed by atoms with Gasteiger partial charge < -0.3 is 8.83 Å². The van der Waals surface area contributed by atoms with Crippen LogP contribution in [-0.4, -0.2) is 0 Å². The number of thiophene rings is 2. The third kappa shape index (κ3) is 5.11. The van der Waals surface area contributed by atoms with Crippen molar-refractivity contribution in [2.24, 2.45) is 0 Å². The summed E-state index contributed by atoms with van der Waals surface area (Å²) in [6, 6.07) is 62.1. The summed E-state index contributed by atoms with van der Waals surface area (Å²) in [6.45, 7) is 9.30. The molecule has 0 saturated carbocycles. The summed E-state index contributed by atoms with van der Waals surface area (Å²) in [7, 11) is 0. The third-order valence-electron chi connectivity index (χ3n) is 13.8. The molecule has 0 aliphatic heterocycles. The van der Waals surface area contributed by atoms with Crippen molar-refractivity contribution in [2.45, 2.75) is 19.3 Å². The monoisotopic (exact) mass is 840 g/mol. The molecule has 14 rings (SSSR count). The molecule has 0 fully saturated rings. The lowest BCUT2D eigenvalue weighted by molar-refractivity contribution is 0.658. The molecule has 0 spiro atoms. The van der Waals surface area contributed by atoms with Crippen LogP contribution < -0.4 is 0 Å². The third-order valence-corrected chi connectivity index (χ3v) is 16.2. The zero-order chi connectivity index (χ0) is 41.7. The highest BCUT2D eigenvalue weighted by molar-refractivity contribution is 7.31. The van der Waals surface area contributed by atoms with Crippen LogP contribution in [0.2, 0.25) is 0 Å². The number of hydrogen-bond donors (Lipinski definition) is 0. The Bertz CT molecular complexity index is 3910. The van der Waals surface area contributed by atoms with Gasteiger partial charge in [0.2, 0.25) is 0 Å². The molecule has 4 heterocycles. The second-order valence-corrected chi connectivity index (χ2v) is 19.9. The summed E-state index contributed by atoms with van der Waals surface area (Å²) in [4.78, 5) is 2.53. The quantitative estimate of drug-likeness (QED) is 0.176. The Kier molecular flexibility index (Phi) is 7.11. The Morgan fingerprint density at radius 2 is 0.857 bits per heavy atom. The topological polar surface area (TPSA) is 26.3 Å². The molecular weight excluding hydrogens is 805 g/mol. The van der Waals surface area contributed by atoms with Crippen LogP contribution in [-0.2, 0) is 5.41 Å². The minimum atomic E-state index is -0.134. The minimum Gasteiger partial charge on any atom is -0.456 e. The standard InChI is InChI=1S/C59H36O2S2/c1-32-41-22-35(33-10-6-4-7-11-33)14-18-39(41)43-28-53-47(26-42(32)43)45-23-37(16-20-51(45)60-53)55-30-57-58(62-55)31-56(63-57)38-17-21-52-46(24-38)48-27-50-44(29-54(48)61-52)40-19-15-36(25-49(40)59(50,2)3)34-12-8-5-9-13-34/h4-31H,1H2,2-3H3. The van der Waals surface area contributed by atoms with Gasteiger partial charge in [-0.2, -0.15) is 0 Å². The van der Waals surface area contributed by atoms with Gasteiger partial charge in [-0.15, -0.1) is 22.7 Å². The van der Waals surface area contributed by atoms with E-state index in [4.69, 9.17) is 8.83 Å². The average molecular weight is 841 g/mol. The molecule has 0 N–H and O–H groups in total. The van der Waals surface area contributed by atoms with E-state index in [0.29, 0.717) is 0 Å². The van der Waals surface area contributed by atoms with Crippen LogP contribution in [0, 0.1) is 0 Å². The molecule has 2 nitrogen and oxygen atoms in total. The molecule has 12 aromatic rings. The van der Waals surface area contributed by atoms with Gasteiger partial charge in [0.1, 0.15) is 22.3 Å². The smallest absolute Gasteiger partial charge is 0.136 e. The lowest BCUT2D eigenvalue weighted by Gasteiger charge is -2.22. The van der Waals surface area contributed by atoms with Gasteiger partial charge >= 0.3 is 0 Å². The van der Waals surface area contributed by atoms with E-state index in [1.807, 2.05) is 22.7 Å². The summed E-state index contributed by atoms with van der Waals surface area (Å²) in [5.74, 6) is 0. The first-order valence-electron chi connectivity index (χ1n) is 21.5. The zero-order valence-corrected chi connectivity index (χ0v) is 36.1. The first-order chi connectivity index (χ1) is 30.8. The highest BCUT2D eigenvalue weighted by atomic mass is 32.1. The van der Waals surface area contributed by atoms with Gasteiger partial charge in [0.05, 0.1) is 0 Å². The van der Waals surface area contributed by atoms with E-state index in [0.717, 1.165) is 44.1 Å². The molecule has 63 heavy (non-hydrogen) atoms. The van der Waals surface area contributed by atoms with Crippen molar-refractivity contribution < 1.29 is 8.83 Å². The number of furan rings is 2. The highest BCUT2D eigenvalue weighted by Gasteiger charge is 2.36. The van der Waals surface area contributed by atoms with Crippen molar-refractivity contribution in [3.8, 4) is 65.4 Å². The van der Waals surface area contributed by atoms with E-state index in [1.165, 1.54) is 102 Å². The second-order valence-electron chi connectivity index (χ2n) is 17.7. The van der Waals surface area contributed by atoms with E-state index in [2.05, 4.69) is 190 Å². The number of benzene rings is 8. The predicted molar refractivity (Wildman–Crippen MR) is 267 cm³/mol. The van der Waals surface area contributed by atoms with Crippen LogP contribution in [0.4, 0.5) is 0 Å². The fraction of sp³-hybridized carbons (Fsp3) is 0.0508. The molecule has 0 unspecified atom stereocenters. The first-order valence-corrected chi connectivity index (χ1v) is 23.1. The largest absolute Gasteiger partial charge is 0.456 e. The van der Waals surface area contributed by atoms with Crippen molar-refractivity contribution in [3.63, 3.8) is 0 Å². The van der Waals surface area contributed by atoms with E-state index in [-0.39, 0.29) is 5.41 Å². The molecular formula is C59H36O2S2. The molecule has 0 atom stereocenters. The lowest BCUT2D eigenvalue weighted by atomic mass is 9.81. The summed E-state index contributed by atoms with van der Waals surface area (Å²) in [5, 5.41) is 4.59. The van der Waals surface area contributed by atoms with Crippen LogP contribution >= 0.6 is 22.7 Å². The van der Waals surface area contributed by atoms with Crippen molar-refractivity contribution in [3.05, 3.63) is 199 Å². The Labute approximate surface area is 371 Å². The fourth-order valence-electron chi connectivity index (χ4n) is 10.5. The average Bonchev–Trinajstić information content (AvgIpc) is 4.16. The van der Waals surface area contributed by atoms with Gasteiger partial charge in [0.15, 0.2) is 0 Å². The van der Waals surface area contributed by atoms with Crippen molar-refractivity contribution in [1.29, 1.82) is 0 Å². The highest BCUT2D eigenvalue weighted by Crippen LogP contribution is 2.53. The van der Waals surface area contributed by atoms with Crippen LogP contribution in [0.5, 0.6) is 0 Å². The van der Waals surface area contributed by atoms with Crippen LogP contribution in [0.3, 0.4) is 0 Å². The Balaban J connectivity index is 0.787. The number of fused-ring (bicyclic) bond motifs is 13. The Morgan fingerprint density at radius 1 is 0.365 bits per heavy atom. The van der Waals surface area contributed by atoms with Gasteiger partial charge in [0.25, 0.3) is 0 Å². The van der Waals surface area contributed by atoms with Crippen molar-refractivity contribution >= 4 is 81.5 Å². The molecule has 0 saturated heterocycles. The number of hydrogen-bond acceptors (Lipinski definition) is 4. The van der Waals surface area contributed by atoms with E-state index in [1.54, 1.807) is 0 Å². The van der Waals surface area contributed by atoms with Gasteiger partial charge in [-0.3, -0.25) is 0 Å². The molecule has 0 bridgehead atoms. The molecule has 0 amide bonds. The van der Waals surface area contributed by atoms with Crippen LogP contribution in [0.25, 0.3) is 124 Å². The minimum absolute atomic E-state index is 0.134. The maximum absolute atomic E-state index is 6.56. The molecule has 8 aromatic carbocycles. The second kappa shape index (κ2) is 12.7. The van der Waals surface area contributed by atoms with Gasteiger partial charge in [-0.1, -0.05) is 105 Å². The molecule has 0 radical (unpaired) electrons. The first kappa shape index (κ1) is 35.4. The van der Waals surface area contributed by atoms with Crippen LogP contribution in [0.1, 0.15) is 36.1 Å². The van der Waals surface area contributed by atoms with E-state index in [9.17, 15) is 0 Å². The van der Waals surface area contributed by atoms with Gasteiger partial charge in [-0.25, -0.2) is 0 Å². The summed E-state index contributed by atoms with van der Waals surface area (Å²) in [6.07, 6.45) is 0. The molecule has 4 heteroatoms. The summed E-state index contributed by atoms with van der Waals surface area (Å²) in [5.41, 5.74) is 22.0. The molecule has 296 valence electrons. The Hall–Kier alpha value is -7.24. The number of rotatable bonds is 4. The summed E-state index contributed by atoms with van der Waals surface area (Å²) < 4.78 is 15.7. The van der Waals surface area contributed by atoms with Crippen molar-refractivity contribution in [2.75, 3.05) is 0 Å². The van der Waals surface area contributed by atoms with E-state index < -0.39 is 0 Å². The fourth-order valence-corrected chi connectivity index (χ4v) is 12.9. The van der Waals surface area contributed by atoms with Crippen LogP contribution in [0.15, 0.2) is 185 Å². The van der Waals surface area contributed by atoms with Gasteiger partial charge in [-0.05, 0) is 168 Å². The summed E-state index contributed by atoms with van der Waals surface area (Å²) >= 11 is 3.72. The maximum atomic E-state index is 6.56. The van der Waals surface area contributed by atoms with Gasteiger partial charge in [0, 0.05) is 46.1 Å². The maximum Gasteiger partial charge on any atom is 0.136 e. The predicted octanol–water partition coefficient (Wildman–Crippen LogP) is 17.8. The van der Waals surface area contributed by atoms with Crippen molar-refractivity contribution in [1.82, 2.24) is 0 Å². The molecule has 4 aromatic heterocycles.